The van der Waals surface area contributed by atoms with Crippen molar-refractivity contribution in [3.8, 4) is 5.75 Å². The van der Waals surface area contributed by atoms with Gasteiger partial charge >= 0.3 is 5.97 Å². The van der Waals surface area contributed by atoms with Gasteiger partial charge in [-0.25, -0.2) is 4.39 Å². The molecule has 2 saturated carbocycles. The zero-order chi connectivity index (χ0) is 18.5. The number of hydrogen-bond acceptors (Lipinski definition) is 4. The Labute approximate surface area is 153 Å². The summed E-state index contributed by atoms with van der Waals surface area (Å²) in [7, 11) is 0. The van der Waals surface area contributed by atoms with Crippen molar-refractivity contribution in [1.82, 2.24) is 0 Å². The zero-order valence-electron chi connectivity index (χ0n) is 15.2. The van der Waals surface area contributed by atoms with Gasteiger partial charge in [-0.15, -0.1) is 0 Å². The summed E-state index contributed by atoms with van der Waals surface area (Å²) < 4.78 is 17.7. The molecule has 0 saturated heterocycles. The van der Waals surface area contributed by atoms with Crippen LogP contribution in [0.25, 0.3) is 0 Å². The predicted molar refractivity (Wildman–Crippen MR) is 94.5 cm³/mol. The van der Waals surface area contributed by atoms with Gasteiger partial charge in [0, 0.05) is 0 Å². The summed E-state index contributed by atoms with van der Waals surface area (Å²) in [5, 5.41) is 20.5. The summed E-state index contributed by atoms with van der Waals surface area (Å²) in [5.41, 5.74) is 2.05. The monoisotopic (exact) mass is 362 g/mol. The minimum absolute atomic E-state index is 0.107. The van der Waals surface area contributed by atoms with Gasteiger partial charge in [0.2, 0.25) is 0 Å². The average Bonchev–Trinajstić information content (AvgIpc) is 2.93. The van der Waals surface area contributed by atoms with E-state index in [2.05, 4.69) is 6.92 Å². The van der Waals surface area contributed by atoms with E-state index in [0.29, 0.717) is 6.42 Å². The van der Waals surface area contributed by atoms with E-state index in [9.17, 15) is 19.4 Å². The lowest BCUT2D eigenvalue weighted by Crippen LogP contribution is -2.49. The Balaban J connectivity index is 1.74. The second-order valence-electron chi connectivity index (χ2n) is 8.48. The van der Waals surface area contributed by atoms with Crippen molar-refractivity contribution in [2.75, 3.05) is 13.3 Å². The van der Waals surface area contributed by atoms with E-state index in [1.807, 2.05) is 6.07 Å². The number of esters is 1. The first-order valence-electron chi connectivity index (χ1n) is 9.68. The lowest BCUT2D eigenvalue weighted by Gasteiger charge is -2.52. The van der Waals surface area contributed by atoms with Crippen LogP contribution >= 0.6 is 0 Å². The maximum Gasteiger partial charge on any atom is 0.309 e. The Morgan fingerprint density at radius 2 is 2.15 bits per heavy atom. The molecular formula is C21H27FO4. The summed E-state index contributed by atoms with van der Waals surface area (Å²) in [5.74, 6) is 0.130. The molecule has 3 aliphatic rings. The number of alkyl halides is 1. The molecule has 142 valence electrons. The quantitative estimate of drug-likeness (QED) is 0.810. The third-order valence-corrected chi connectivity index (χ3v) is 7.34. The average molecular weight is 362 g/mol. The van der Waals surface area contributed by atoms with E-state index < -0.39 is 6.67 Å². The van der Waals surface area contributed by atoms with Crippen LogP contribution in [0.4, 0.5) is 4.39 Å². The van der Waals surface area contributed by atoms with Gasteiger partial charge in [-0.3, -0.25) is 4.79 Å². The van der Waals surface area contributed by atoms with Crippen molar-refractivity contribution >= 4 is 5.97 Å². The summed E-state index contributed by atoms with van der Waals surface area (Å²) in [6.45, 7) is 1.27. The van der Waals surface area contributed by atoms with Gasteiger partial charge in [-0.05, 0) is 78.5 Å². The number of phenols is 1. The molecule has 5 heteroatoms. The highest BCUT2D eigenvalue weighted by molar-refractivity contribution is 5.74. The largest absolute Gasteiger partial charge is 0.508 e. The van der Waals surface area contributed by atoms with Crippen molar-refractivity contribution in [3.05, 3.63) is 29.3 Å². The van der Waals surface area contributed by atoms with Crippen LogP contribution in [0.1, 0.15) is 49.7 Å². The molecule has 1 aromatic carbocycles. The number of aromatic hydroxyl groups is 1. The molecule has 4 nitrogen and oxygen atoms in total. The number of benzene rings is 1. The number of rotatable bonds is 3. The standard InChI is InChI=1S/C21H27FO4/c1-21-7-6-15-14-3-2-13(23)10-12(14)11-16(20(25)26-9-8-22)19(15)17(21)4-5-18(21)24/h2-3,10,15-19,23-24H,4-9,11H2,1H3/t15-,16-,17+,18+,19+,21+/m1/s1. The molecule has 0 heterocycles. The SMILES string of the molecule is C[C@]12CC[C@@H]3c4ccc(O)cc4C[C@@H](C(=O)OCCF)[C@H]3[C@@H]1CC[C@@H]2O. The Bertz CT molecular complexity index is 705. The minimum atomic E-state index is -0.677. The third-order valence-electron chi connectivity index (χ3n) is 7.34. The van der Waals surface area contributed by atoms with Gasteiger partial charge in [-0.1, -0.05) is 13.0 Å². The molecule has 0 aromatic heterocycles. The summed E-state index contributed by atoms with van der Waals surface area (Å²) in [6, 6.07) is 5.45. The fraction of sp³-hybridized carbons (Fsp3) is 0.667. The second-order valence-corrected chi connectivity index (χ2v) is 8.48. The molecule has 1 aromatic rings. The van der Waals surface area contributed by atoms with Crippen molar-refractivity contribution in [2.45, 2.75) is 51.0 Å². The van der Waals surface area contributed by atoms with Crippen LogP contribution in [0.15, 0.2) is 18.2 Å². The van der Waals surface area contributed by atoms with Crippen molar-refractivity contribution in [1.29, 1.82) is 0 Å². The van der Waals surface area contributed by atoms with E-state index in [1.165, 1.54) is 5.56 Å². The molecular weight excluding hydrogens is 335 g/mol. The molecule has 0 spiro atoms. The van der Waals surface area contributed by atoms with E-state index in [1.54, 1.807) is 12.1 Å². The summed E-state index contributed by atoms with van der Waals surface area (Å²) in [4.78, 5) is 12.8. The molecule has 0 unspecified atom stereocenters. The van der Waals surface area contributed by atoms with Gasteiger partial charge in [0.25, 0.3) is 0 Å². The molecule has 2 N–H and O–H groups in total. The van der Waals surface area contributed by atoms with Crippen LogP contribution in [0.2, 0.25) is 0 Å². The van der Waals surface area contributed by atoms with Crippen LogP contribution in [-0.4, -0.2) is 35.6 Å². The molecule has 0 amide bonds. The highest BCUT2D eigenvalue weighted by atomic mass is 19.1. The number of ether oxygens (including phenoxy) is 1. The minimum Gasteiger partial charge on any atom is -0.508 e. The van der Waals surface area contributed by atoms with Crippen LogP contribution in [0, 0.1) is 23.2 Å². The van der Waals surface area contributed by atoms with Gasteiger partial charge in [0.05, 0.1) is 12.0 Å². The maximum atomic E-state index is 12.8. The van der Waals surface area contributed by atoms with Crippen molar-refractivity contribution < 1.29 is 24.1 Å². The highest BCUT2D eigenvalue weighted by Gasteiger charge is 2.58. The topological polar surface area (TPSA) is 66.8 Å². The Kier molecular flexibility index (Phi) is 4.46. The number of hydrogen-bond donors (Lipinski definition) is 2. The van der Waals surface area contributed by atoms with Gasteiger partial charge < -0.3 is 14.9 Å². The first kappa shape index (κ1) is 17.8. The summed E-state index contributed by atoms with van der Waals surface area (Å²) >= 11 is 0. The highest BCUT2D eigenvalue weighted by Crippen LogP contribution is 2.62. The van der Waals surface area contributed by atoms with Crippen molar-refractivity contribution in [3.63, 3.8) is 0 Å². The molecule has 2 fully saturated rings. The first-order chi connectivity index (χ1) is 12.5. The molecule has 3 aliphatic carbocycles. The smallest absolute Gasteiger partial charge is 0.309 e. The summed E-state index contributed by atoms with van der Waals surface area (Å²) in [6.07, 6.45) is 3.74. The fourth-order valence-electron chi connectivity index (χ4n) is 6.08. The van der Waals surface area contributed by atoms with E-state index >= 15 is 0 Å². The van der Waals surface area contributed by atoms with Crippen LogP contribution in [-0.2, 0) is 16.0 Å². The number of carbonyl (C=O) groups is 1. The first-order valence-corrected chi connectivity index (χ1v) is 9.68. The molecule has 0 aliphatic heterocycles. The normalized spacial score (nSPS) is 38.2. The van der Waals surface area contributed by atoms with E-state index in [0.717, 1.165) is 31.2 Å². The lowest BCUT2D eigenvalue weighted by atomic mass is 9.52. The van der Waals surface area contributed by atoms with Gasteiger partial charge in [-0.2, -0.15) is 0 Å². The number of phenolic OH excluding ortho intramolecular Hbond substituents is 1. The van der Waals surface area contributed by atoms with Crippen LogP contribution in [0.3, 0.4) is 0 Å². The van der Waals surface area contributed by atoms with E-state index in [-0.39, 0.29) is 53.5 Å². The van der Waals surface area contributed by atoms with Gasteiger partial charge in [0.1, 0.15) is 19.0 Å². The fourth-order valence-corrected chi connectivity index (χ4v) is 6.08. The molecule has 4 rings (SSSR count). The Morgan fingerprint density at radius 3 is 2.92 bits per heavy atom. The molecule has 6 atom stereocenters. The number of carbonyl (C=O) groups excluding carboxylic acids is 1. The number of aliphatic hydroxyl groups excluding tert-OH is 1. The molecule has 0 bridgehead atoms. The Hall–Kier alpha value is -1.62. The number of halogens is 1. The van der Waals surface area contributed by atoms with Crippen LogP contribution < -0.4 is 0 Å². The van der Waals surface area contributed by atoms with Gasteiger partial charge in [0.15, 0.2) is 0 Å². The number of aliphatic hydroxyl groups is 1. The van der Waals surface area contributed by atoms with Crippen LogP contribution in [0.5, 0.6) is 5.75 Å². The zero-order valence-corrected chi connectivity index (χ0v) is 15.2. The lowest BCUT2D eigenvalue weighted by molar-refractivity contribution is -0.155. The predicted octanol–water partition coefficient (Wildman–Crippen LogP) is 3.35. The second kappa shape index (κ2) is 6.52. The molecule has 26 heavy (non-hydrogen) atoms. The Morgan fingerprint density at radius 1 is 1.35 bits per heavy atom. The number of fused-ring (bicyclic) bond motifs is 5. The maximum absolute atomic E-state index is 12.8. The van der Waals surface area contributed by atoms with Crippen molar-refractivity contribution in [2.24, 2.45) is 23.2 Å². The van der Waals surface area contributed by atoms with E-state index in [4.69, 9.17) is 4.74 Å². The molecule has 0 radical (unpaired) electrons. The third kappa shape index (κ3) is 2.63.